The molecule has 19 heavy (non-hydrogen) atoms. The Morgan fingerprint density at radius 3 is 2.53 bits per heavy atom. The molecule has 0 saturated carbocycles. The summed E-state index contributed by atoms with van der Waals surface area (Å²) in [7, 11) is 0. The van der Waals surface area contributed by atoms with Crippen molar-refractivity contribution in [1.82, 2.24) is 0 Å². The quantitative estimate of drug-likeness (QED) is 0.811. The van der Waals surface area contributed by atoms with Crippen molar-refractivity contribution < 1.29 is 9.47 Å². The Morgan fingerprint density at radius 2 is 1.79 bits per heavy atom. The second kappa shape index (κ2) is 4.72. The van der Waals surface area contributed by atoms with Gasteiger partial charge in [-0.3, -0.25) is 0 Å². The van der Waals surface area contributed by atoms with Gasteiger partial charge in [-0.1, -0.05) is 12.1 Å². The Labute approximate surface area is 112 Å². The molecule has 1 aliphatic heterocycles. The Bertz CT molecular complexity index is 611. The number of hydrogen-bond acceptors (Lipinski definition) is 4. The van der Waals surface area contributed by atoms with E-state index in [4.69, 9.17) is 15.2 Å². The van der Waals surface area contributed by atoms with Crippen LogP contribution in [0, 0.1) is 6.92 Å². The lowest BCUT2D eigenvalue weighted by molar-refractivity contribution is 0.172. The summed E-state index contributed by atoms with van der Waals surface area (Å²) in [6.07, 6.45) is 0. The van der Waals surface area contributed by atoms with Crippen LogP contribution in [-0.4, -0.2) is 13.2 Å². The fraction of sp³-hybridized carbons (Fsp3) is 0.200. The molecule has 2 aromatic carbocycles. The molecule has 0 saturated heterocycles. The lowest BCUT2D eigenvalue weighted by Crippen LogP contribution is -2.15. The van der Waals surface area contributed by atoms with E-state index in [1.165, 1.54) is 5.56 Å². The second-order valence-corrected chi connectivity index (χ2v) is 4.58. The average molecular weight is 256 g/mol. The fourth-order valence-corrected chi connectivity index (χ4v) is 2.09. The number of hydrogen-bond donors (Lipinski definition) is 2. The highest BCUT2D eigenvalue weighted by atomic mass is 16.6. The lowest BCUT2D eigenvalue weighted by Gasteiger charge is -2.20. The third-order valence-corrected chi connectivity index (χ3v) is 3.01. The maximum atomic E-state index is 6.03. The van der Waals surface area contributed by atoms with E-state index in [-0.39, 0.29) is 0 Å². The molecule has 0 fully saturated rings. The molecule has 4 nitrogen and oxygen atoms in total. The van der Waals surface area contributed by atoms with Gasteiger partial charge in [0.1, 0.15) is 13.2 Å². The zero-order chi connectivity index (χ0) is 13.2. The van der Waals surface area contributed by atoms with Gasteiger partial charge in [-0.05, 0) is 24.6 Å². The van der Waals surface area contributed by atoms with E-state index < -0.39 is 0 Å². The molecule has 0 radical (unpaired) electrons. The van der Waals surface area contributed by atoms with Crippen LogP contribution in [0.25, 0.3) is 0 Å². The minimum Gasteiger partial charge on any atom is -0.486 e. The van der Waals surface area contributed by atoms with E-state index >= 15 is 0 Å². The van der Waals surface area contributed by atoms with E-state index in [0.717, 1.165) is 17.1 Å². The van der Waals surface area contributed by atoms with Crippen molar-refractivity contribution >= 4 is 17.1 Å². The van der Waals surface area contributed by atoms with Crippen molar-refractivity contribution in [3.05, 3.63) is 42.0 Å². The molecule has 2 aromatic rings. The highest BCUT2D eigenvalue weighted by Crippen LogP contribution is 2.38. The molecule has 0 amide bonds. The van der Waals surface area contributed by atoms with Crippen molar-refractivity contribution in [2.45, 2.75) is 6.92 Å². The smallest absolute Gasteiger partial charge is 0.163 e. The van der Waals surface area contributed by atoms with Gasteiger partial charge >= 0.3 is 0 Å². The number of aryl methyl sites for hydroxylation is 1. The Hall–Kier alpha value is -2.36. The Kier molecular flexibility index (Phi) is 2.91. The van der Waals surface area contributed by atoms with Crippen LogP contribution in [0.4, 0.5) is 17.1 Å². The third-order valence-electron chi connectivity index (χ3n) is 3.01. The summed E-state index contributed by atoms with van der Waals surface area (Å²) in [6, 6.07) is 11.8. The first-order valence-corrected chi connectivity index (χ1v) is 6.25. The highest BCUT2D eigenvalue weighted by Gasteiger charge is 2.14. The molecule has 1 aliphatic rings. The van der Waals surface area contributed by atoms with Crippen LogP contribution in [0.1, 0.15) is 5.56 Å². The maximum absolute atomic E-state index is 6.03. The van der Waals surface area contributed by atoms with Crippen molar-refractivity contribution in [1.29, 1.82) is 0 Å². The molecule has 1 heterocycles. The average Bonchev–Trinajstić information content (AvgIpc) is 2.40. The summed E-state index contributed by atoms with van der Waals surface area (Å²) in [5.74, 6) is 1.44. The lowest BCUT2D eigenvalue weighted by atomic mass is 10.2. The number of rotatable bonds is 2. The number of fused-ring (bicyclic) bond motifs is 1. The molecule has 0 aromatic heterocycles. The van der Waals surface area contributed by atoms with Gasteiger partial charge in [0.2, 0.25) is 0 Å². The summed E-state index contributed by atoms with van der Waals surface area (Å²) >= 11 is 0. The van der Waals surface area contributed by atoms with Crippen LogP contribution < -0.4 is 20.5 Å². The molecule has 3 N–H and O–H groups in total. The SMILES string of the molecule is Cc1cccc(Nc2cc3c(cc2N)OCCO3)c1. The summed E-state index contributed by atoms with van der Waals surface area (Å²) in [6.45, 7) is 3.19. The van der Waals surface area contributed by atoms with Gasteiger partial charge in [0.05, 0.1) is 11.4 Å². The molecular formula is C15H16N2O2. The summed E-state index contributed by atoms with van der Waals surface area (Å²) in [4.78, 5) is 0. The minimum atomic E-state index is 0.567. The molecule has 0 aliphatic carbocycles. The first kappa shape index (κ1) is 11.7. The zero-order valence-electron chi connectivity index (χ0n) is 10.8. The van der Waals surface area contributed by atoms with E-state index in [1.807, 2.05) is 18.2 Å². The summed E-state index contributed by atoms with van der Waals surface area (Å²) in [5.41, 5.74) is 9.70. The predicted octanol–water partition coefficient (Wildman–Crippen LogP) is 3.09. The van der Waals surface area contributed by atoms with E-state index in [2.05, 4.69) is 24.4 Å². The standard InChI is InChI=1S/C15H16N2O2/c1-10-3-2-4-11(7-10)17-13-9-15-14(8-12(13)16)18-5-6-19-15/h2-4,7-9,17H,5-6,16H2,1H3. The number of nitrogens with two attached hydrogens (primary N) is 1. The van der Waals surface area contributed by atoms with Crippen molar-refractivity contribution in [2.24, 2.45) is 0 Å². The maximum Gasteiger partial charge on any atom is 0.163 e. The van der Waals surface area contributed by atoms with E-state index in [1.54, 1.807) is 6.07 Å². The van der Waals surface area contributed by atoms with Crippen molar-refractivity contribution in [3.8, 4) is 11.5 Å². The third kappa shape index (κ3) is 2.42. The topological polar surface area (TPSA) is 56.5 Å². The Balaban J connectivity index is 1.92. The van der Waals surface area contributed by atoms with Gasteiger partial charge in [0.15, 0.2) is 11.5 Å². The molecule has 98 valence electrons. The second-order valence-electron chi connectivity index (χ2n) is 4.58. The molecule has 3 rings (SSSR count). The highest BCUT2D eigenvalue weighted by molar-refractivity contribution is 5.76. The van der Waals surface area contributed by atoms with E-state index in [0.29, 0.717) is 24.7 Å². The van der Waals surface area contributed by atoms with Crippen LogP contribution in [0.3, 0.4) is 0 Å². The van der Waals surface area contributed by atoms with Crippen molar-refractivity contribution in [3.63, 3.8) is 0 Å². The first-order chi connectivity index (χ1) is 9.22. The molecule has 0 unspecified atom stereocenters. The molecule has 0 spiro atoms. The molecule has 0 bridgehead atoms. The molecule has 4 heteroatoms. The Morgan fingerprint density at radius 1 is 1.05 bits per heavy atom. The normalized spacial score (nSPS) is 13.1. The van der Waals surface area contributed by atoms with Crippen LogP contribution in [-0.2, 0) is 0 Å². The zero-order valence-corrected chi connectivity index (χ0v) is 10.8. The van der Waals surface area contributed by atoms with Gasteiger partial charge in [0, 0.05) is 17.8 Å². The largest absolute Gasteiger partial charge is 0.486 e. The van der Waals surface area contributed by atoms with Crippen LogP contribution in [0.2, 0.25) is 0 Å². The van der Waals surface area contributed by atoms with Gasteiger partial charge in [-0.2, -0.15) is 0 Å². The van der Waals surface area contributed by atoms with Gasteiger partial charge in [0.25, 0.3) is 0 Å². The van der Waals surface area contributed by atoms with Crippen molar-refractivity contribution in [2.75, 3.05) is 24.3 Å². The van der Waals surface area contributed by atoms with Gasteiger partial charge < -0.3 is 20.5 Å². The number of benzene rings is 2. The number of nitrogen functional groups attached to an aromatic ring is 1. The van der Waals surface area contributed by atoms with Gasteiger partial charge in [-0.15, -0.1) is 0 Å². The fourth-order valence-electron chi connectivity index (χ4n) is 2.09. The molecule has 0 atom stereocenters. The minimum absolute atomic E-state index is 0.567. The van der Waals surface area contributed by atoms with Crippen LogP contribution >= 0.6 is 0 Å². The van der Waals surface area contributed by atoms with Crippen LogP contribution in [0.15, 0.2) is 36.4 Å². The number of ether oxygens (including phenoxy) is 2. The number of anilines is 3. The first-order valence-electron chi connectivity index (χ1n) is 6.25. The molecular weight excluding hydrogens is 240 g/mol. The summed E-state index contributed by atoms with van der Waals surface area (Å²) < 4.78 is 11.1. The predicted molar refractivity (Wildman–Crippen MR) is 76.3 cm³/mol. The monoisotopic (exact) mass is 256 g/mol. The van der Waals surface area contributed by atoms with Gasteiger partial charge in [-0.25, -0.2) is 0 Å². The van der Waals surface area contributed by atoms with E-state index in [9.17, 15) is 0 Å². The summed E-state index contributed by atoms with van der Waals surface area (Å²) in [5, 5.41) is 3.30. The number of nitrogens with one attached hydrogen (secondary N) is 1. The van der Waals surface area contributed by atoms with Crippen LogP contribution in [0.5, 0.6) is 11.5 Å².